The highest BCUT2D eigenvalue weighted by molar-refractivity contribution is 5.25. The second kappa shape index (κ2) is 8.55. The van der Waals surface area contributed by atoms with Crippen LogP contribution in [0.25, 0.3) is 0 Å². The molecule has 118 valence electrons. The highest BCUT2D eigenvalue weighted by Crippen LogP contribution is 2.23. The maximum atomic E-state index is 3.69. The molecule has 2 atom stereocenters. The fourth-order valence-corrected chi connectivity index (χ4v) is 3.52. The molecule has 0 bridgehead atoms. The lowest BCUT2D eigenvalue weighted by molar-refractivity contribution is 0.129. The Morgan fingerprint density at radius 3 is 2.52 bits per heavy atom. The summed E-state index contributed by atoms with van der Waals surface area (Å²) in [6.07, 6.45) is 6.56. The van der Waals surface area contributed by atoms with Crippen molar-refractivity contribution in [3.63, 3.8) is 0 Å². The van der Waals surface area contributed by atoms with Gasteiger partial charge in [0.1, 0.15) is 0 Å². The predicted octanol–water partition coefficient (Wildman–Crippen LogP) is 4.16. The molecular formula is C19H32N2. The van der Waals surface area contributed by atoms with E-state index in [4.69, 9.17) is 0 Å². The van der Waals surface area contributed by atoms with E-state index in [9.17, 15) is 0 Å². The van der Waals surface area contributed by atoms with Gasteiger partial charge in [-0.15, -0.1) is 0 Å². The van der Waals surface area contributed by atoms with Crippen LogP contribution in [0.1, 0.15) is 63.6 Å². The molecule has 0 amide bonds. The van der Waals surface area contributed by atoms with E-state index in [0.29, 0.717) is 6.04 Å². The number of nitrogens with zero attached hydrogens (tertiary/aromatic N) is 1. The molecule has 0 saturated carbocycles. The van der Waals surface area contributed by atoms with Crippen molar-refractivity contribution in [3.05, 3.63) is 35.4 Å². The Morgan fingerprint density at radius 1 is 1.14 bits per heavy atom. The summed E-state index contributed by atoms with van der Waals surface area (Å²) in [4.78, 5) is 2.71. The van der Waals surface area contributed by atoms with Crippen molar-refractivity contribution in [2.24, 2.45) is 0 Å². The third-order valence-corrected chi connectivity index (χ3v) is 4.88. The fraction of sp³-hybridized carbons (Fsp3) is 0.684. The van der Waals surface area contributed by atoms with Crippen LogP contribution >= 0.6 is 0 Å². The molecule has 1 aliphatic rings. The lowest BCUT2D eigenvalue weighted by atomic mass is 9.97. The molecule has 0 spiro atoms. The van der Waals surface area contributed by atoms with E-state index >= 15 is 0 Å². The van der Waals surface area contributed by atoms with Gasteiger partial charge < -0.3 is 5.32 Å². The number of nitrogens with one attached hydrogen (secondary N) is 1. The van der Waals surface area contributed by atoms with Gasteiger partial charge in [0.25, 0.3) is 0 Å². The second-order valence-corrected chi connectivity index (χ2v) is 6.26. The Morgan fingerprint density at radius 2 is 1.90 bits per heavy atom. The van der Waals surface area contributed by atoms with Gasteiger partial charge in [-0.2, -0.15) is 0 Å². The van der Waals surface area contributed by atoms with Gasteiger partial charge in [0.15, 0.2) is 0 Å². The van der Waals surface area contributed by atoms with Gasteiger partial charge in [0.2, 0.25) is 0 Å². The van der Waals surface area contributed by atoms with Crippen LogP contribution in [0.15, 0.2) is 24.3 Å². The summed E-state index contributed by atoms with van der Waals surface area (Å²) in [5, 5.41) is 3.69. The van der Waals surface area contributed by atoms with Crippen LogP contribution in [-0.2, 0) is 6.42 Å². The number of likely N-dealkylation sites (N-methyl/N-ethyl adjacent to an activating group) is 1. The zero-order chi connectivity index (χ0) is 15.1. The van der Waals surface area contributed by atoms with Crippen molar-refractivity contribution < 1.29 is 0 Å². The SMILES string of the molecule is CCNC(CN1CCCCC1CC)c1ccc(CC)cc1. The average molecular weight is 288 g/mol. The lowest BCUT2D eigenvalue weighted by Crippen LogP contribution is -2.44. The monoisotopic (exact) mass is 288 g/mol. The molecule has 1 heterocycles. The molecule has 2 rings (SSSR count). The van der Waals surface area contributed by atoms with Crippen LogP contribution in [0, 0.1) is 0 Å². The minimum absolute atomic E-state index is 0.466. The topological polar surface area (TPSA) is 15.3 Å². The van der Waals surface area contributed by atoms with Gasteiger partial charge in [0, 0.05) is 18.6 Å². The van der Waals surface area contributed by atoms with Crippen LogP contribution in [0.3, 0.4) is 0 Å². The fourth-order valence-electron chi connectivity index (χ4n) is 3.52. The van der Waals surface area contributed by atoms with Crippen molar-refractivity contribution in [1.82, 2.24) is 10.2 Å². The molecule has 2 nitrogen and oxygen atoms in total. The summed E-state index contributed by atoms with van der Waals surface area (Å²) >= 11 is 0. The summed E-state index contributed by atoms with van der Waals surface area (Å²) in [7, 11) is 0. The normalized spacial score (nSPS) is 21.4. The summed E-state index contributed by atoms with van der Waals surface area (Å²) in [5.74, 6) is 0. The molecule has 2 heteroatoms. The smallest absolute Gasteiger partial charge is 0.0449 e. The Labute approximate surface area is 130 Å². The molecule has 1 N–H and O–H groups in total. The first-order chi connectivity index (χ1) is 10.3. The summed E-state index contributed by atoms with van der Waals surface area (Å²) in [6.45, 7) is 10.2. The van der Waals surface area contributed by atoms with Gasteiger partial charge >= 0.3 is 0 Å². The average Bonchev–Trinajstić information content (AvgIpc) is 2.55. The number of hydrogen-bond donors (Lipinski definition) is 1. The van der Waals surface area contributed by atoms with E-state index < -0.39 is 0 Å². The molecule has 1 aliphatic heterocycles. The van der Waals surface area contributed by atoms with E-state index in [0.717, 1.165) is 25.6 Å². The van der Waals surface area contributed by atoms with Gasteiger partial charge in [-0.25, -0.2) is 0 Å². The van der Waals surface area contributed by atoms with E-state index in [1.54, 1.807) is 0 Å². The van der Waals surface area contributed by atoms with Crippen LogP contribution in [-0.4, -0.2) is 30.6 Å². The summed E-state index contributed by atoms with van der Waals surface area (Å²) in [5.41, 5.74) is 2.87. The maximum Gasteiger partial charge on any atom is 0.0449 e. The first kappa shape index (κ1) is 16.5. The number of aryl methyl sites for hydroxylation is 1. The van der Waals surface area contributed by atoms with Gasteiger partial charge in [-0.05, 0) is 49.9 Å². The Balaban J connectivity index is 2.06. The molecule has 21 heavy (non-hydrogen) atoms. The third kappa shape index (κ3) is 4.55. The van der Waals surface area contributed by atoms with E-state index in [-0.39, 0.29) is 0 Å². The van der Waals surface area contributed by atoms with Crippen LogP contribution in [0.4, 0.5) is 0 Å². The number of likely N-dealkylation sites (tertiary alicyclic amines) is 1. The highest BCUT2D eigenvalue weighted by atomic mass is 15.2. The first-order valence-electron chi connectivity index (χ1n) is 8.84. The Kier molecular flexibility index (Phi) is 6.72. The van der Waals surface area contributed by atoms with Crippen molar-refractivity contribution >= 4 is 0 Å². The molecule has 0 aromatic heterocycles. The van der Waals surface area contributed by atoms with Crippen LogP contribution in [0.5, 0.6) is 0 Å². The first-order valence-corrected chi connectivity index (χ1v) is 8.84. The van der Waals surface area contributed by atoms with Gasteiger partial charge in [-0.3, -0.25) is 4.90 Å². The van der Waals surface area contributed by atoms with Crippen LogP contribution in [0.2, 0.25) is 0 Å². The second-order valence-electron chi connectivity index (χ2n) is 6.26. The molecule has 1 fully saturated rings. The number of piperidine rings is 1. The van der Waals surface area contributed by atoms with E-state index in [1.165, 1.54) is 43.4 Å². The quantitative estimate of drug-likeness (QED) is 0.810. The number of hydrogen-bond acceptors (Lipinski definition) is 2. The Bertz CT molecular complexity index is 399. The lowest BCUT2D eigenvalue weighted by Gasteiger charge is -2.37. The van der Waals surface area contributed by atoms with Crippen molar-refractivity contribution in [2.75, 3.05) is 19.6 Å². The molecule has 0 radical (unpaired) electrons. The van der Waals surface area contributed by atoms with Gasteiger partial charge in [0.05, 0.1) is 0 Å². The Hall–Kier alpha value is -0.860. The van der Waals surface area contributed by atoms with Crippen molar-refractivity contribution in [3.8, 4) is 0 Å². The third-order valence-electron chi connectivity index (χ3n) is 4.88. The maximum absolute atomic E-state index is 3.69. The summed E-state index contributed by atoms with van der Waals surface area (Å²) < 4.78 is 0. The largest absolute Gasteiger partial charge is 0.309 e. The molecule has 1 aromatic carbocycles. The number of benzene rings is 1. The molecule has 0 aliphatic carbocycles. The zero-order valence-electron chi connectivity index (χ0n) is 14.1. The molecule has 1 saturated heterocycles. The number of rotatable bonds is 7. The van der Waals surface area contributed by atoms with E-state index in [1.807, 2.05) is 0 Å². The van der Waals surface area contributed by atoms with Crippen LogP contribution < -0.4 is 5.32 Å². The van der Waals surface area contributed by atoms with E-state index in [2.05, 4.69) is 55.3 Å². The van der Waals surface area contributed by atoms with Gasteiger partial charge in [-0.1, -0.05) is 51.5 Å². The molecule has 2 unspecified atom stereocenters. The molecular weight excluding hydrogens is 256 g/mol. The van der Waals surface area contributed by atoms with Crippen molar-refractivity contribution in [2.45, 2.75) is 65.0 Å². The predicted molar refractivity (Wildman–Crippen MR) is 91.7 cm³/mol. The van der Waals surface area contributed by atoms with Crippen molar-refractivity contribution in [1.29, 1.82) is 0 Å². The minimum atomic E-state index is 0.466. The zero-order valence-corrected chi connectivity index (χ0v) is 14.1. The highest BCUT2D eigenvalue weighted by Gasteiger charge is 2.24. The standard InChI is InChI=1S/C19H32N2/c1-4-16-10-12-17(13-11-16)19(20-6-3)15-21-14-8-7-9-18(21)5-2/h10-13,18-20H,4-9,14-15H2,1-3H3. The summed E-state index contributed by atoms with van der Waals surface area (Å²) in [6, 6.07) is 10.5. The minimum Gasteiger partial charge on any atom is -0.309 e. The molecule has 1 aromatic rings.